The fraction of sp³-hybridized carbons (Fsp3) is 0.600. The van der Waals surface area contributed by atoms with Crippen LogP contribution in [0.15, 0.2) is 24.3 Å². The zero-order valence-electron chi connectivity index (χ0n) is 8.03. The van der Waals surface area contributed by atoms with E-state index in [-0.39, 0.29) is 0 Å². The predicted molar refractivity (Wildman–Crippen MR) is 53.0 cm³/mol. The van der Waals surface area contributed by atoms with Crippen LogP contribution in [0.2, 0.25) is 0 Å². The molecule has 2 heteroatoms. The molecule has 1 aliphatic rings. The second-order valence-corrected chi connectivity index (χ2v) is 2.14. The Morgan fingerprint density at radius 1 is 0.750 bits per heavy atom. The summed E-state index contributed by atoms with van der Waals surface area (Å²) < 4.78 is 0. The van der Waals surface area contributed by atoms with Gasteiger partial charge in [-0.1, -0.05) is 24.3 Å². The van der Waals surface area contributed by atoms with Gasteiger partial charge in [0.25, 0.3) is 0 Å². The van der Waals surface area contributed by atoms with Gasteiger partial charge in [-0.2, -0.15) is 0 Å². The van der Waals surface area contributed by atoms with Crippen LogP contribution in [0.3, 0.4) is 0 Å². The molecule has 72 valence electrons. The van der Waals surface area contributed by atoms with Crippen LogP contribution in [0, 0.1) is 0 Å². The third kappa shape index (κ3) is 12.1. The molecule has 0 amide bonds. The lowest BCUT2D eigenvalue weighted by Gasteiger charge is -1.94. The van der Waals surface area contributed by atoms with Gasteiger partial charge >= 0.3 is 0 Å². The third-order valence-corrected chi connectivity index (χ3v) is 1.37. The molecule has 12 heavy (non-hydrogen) atoms. The van der Waals surface area contributed by atoms with E-state index >= 15 is 0 Å². The lowest BCUT2D eigenvalue weighted by Crippen LogP contribution is -1.74. The van der Waals surface area contributed by atoms with Crippen LogP contribution in [-0.4, -0.2) is 24.4 Å². The fourth-order valence-electron chi connectivity index (χ4n) is 0.874. The van der Waals surface area contributed by atoms with Crippen molar-refractivity contribution in [2.75, 3.05) is 14.2 Å². The minimum Gasteiger partial charge on any atom is -0.400 e. The second kappa shape index (κ2) is 16.8. The van der Waals surface area contributed by atoms with Crippen LogP contribution in [0.5, 0.6) is 0 Å². The molecular formula is C10H20O2. The normalized spacial score (nSPS) is 14.3. The summed E-state index contributed by atoms with van der Waals surface area (Å²) in [5.74, 6) is 0. The molecule has 0 bridgehead atoms. The number of allylic oxidation sites excluding steroid dienone is 4. The third-order valence-electron chi connectivity index (χ3n) is 1.37. The summed E-state index contributed by atoms with van der Waals surface area (Å²) in [6.45, 7) is 0. The smallest absolute Gasteiger partial charge is 0.0319 e. The number of hydrogen-bond acceptors (Lipinski definition) is 2. The van der Waals surface area contributed by atoms with Crippen molar-refractivity contribution in [1.82, 2.24) is 0 Å². The van der Waals surface area contributed by atoms with Crippen LogP contribution in [0.1, 0.15) is 25.7 Å². The van der Waals surface area contributed by atoms with E-state index in [1.807, 2.05) is 0 Å². The molecule has 1 aliphatic carbocycles. The largest absolute Gasteiger partial charge is 0.400 e. The van der Waals surface area contributed by atoms with Crippen molar-refractivity contribution in [3.8, 4) is 0 Å². The standard InChI is InChI=1S/C8H12.2CH4O/c1-2-4-6-8-7-5-3-1;2*1-2/h1-4H,5-8H2;2*2H,1H3. The maximum absolute atomic E-state index is 7.00. The highest BCUT2D eigenvalue weighted by atomic mass is 16.2. The summed E-state index contributed by atoms with van der Waals surface area (Å²) in [6, 6.07) is 0. The molecule has 0 spiro atoms. The van der Waals surface area contributed by atoms with Gasteiger partial charge in [-0.3, -0.25) is 0 Å². The Morgan fingerprint density at radius 2 is 1.08 bits per heavy atom. The molecule has 2 nitrogen and oxygen atoms in total. The van der Waals surface area contributed by atoms with Gasteiger partial charge in [-0.15, -0.1) is 0 Å². The Labute approximate surface area is 75.2 Å². The molecule has 0 aromatic heterocycles. The van der Waals surface area contributed by atoms with Gasteiger partial charge in [-0.25, -0.2) is 0 Å². The summed E-state index contributed by atoms with van der Waals surface area (Å²) in [5, 5.41) is 14.0. The minimum atomic E-state index is 1.00. The SMILES string of the molecule is C1=CCCCCC=C1.CO.CO. The van der Waals surface area contributed by atoms with Crippen LogP contribution < -0.4 is 0 Å². The van der Waals surface area contributed by atoms with Crippen molar-refractivity contribution >= 4 is 0 Å². The Balaban J connectivity index is 0. The van der Waals surface area contributed by atoms with Gasteiger partial charge in [0.15, 0.2) is 0 Å². The van der Waals surface area contributed by atoms with Gasteiger partial charge < -0.3 is 10.2 Å². The van der Waals surface area contributed by atoms with E-state index in [2.05, 4.69) is 24.3 Å². The Morgan fingerprint density at radius 3 is 1.42 bits per heavy atom. The molecule has 0 aromatic carbocycles. The molecule has 0 aliphatic heterocycles. The topological polar surface area (TPSA) is 40.5 Å². The Kier molecular flexibility index (Phi) is 19.5. The van der Waals surface area contributed by atoms with Gasteiger partial charge in [-0.05, 0) is 25.7 Å². The highest BCUT2D eigenvalue weighted by Gasteiger charge is 1.84. The van der Waals surface area contributed by atoms with E-state index in [4.69, 9.17) is 10.2 Å². The second-order valence-electron chi connectivity index (χ2n) is 2.14. The monoisotopic (exact) mass is 172 g/mol. The first kappa shape index (κ1) is 14.0. The maximum Gasteiger partial charge on any atom is 0.0319 e. The van der Waals surface area contributed by atoms with Crippen molar-refractivity contribution in [2.24, 2.45) is 0 Å². The molecule has 1 rings (SSSR count). The molecular weight excluding hydrogens is 152 g/mol. The molecule has 0 saturated carbocycles. The molecule has 0 unspecified atom stereocenters. The van der Waals surface area contributed by atoms with Gasteiger partial charge in [0.2, 0.25) is 0 Å². The first-order valence-electron chi connectivity index (χ1n) is 4.21. The quantitative estimate of drug-likeness (QED) is 0.586. The lowest BCUT2D eigenvalue weighted by atomic mass is 10.1. The lowest BCUT2D eigenvalue weighted by molar-refractivity contribution is 0.399. The van der Waals surface area contributed by atoms with E-state index < -0.39 is 0 Å². The minimum absolute atomic E-state index is 1.00. The summed E-state index contributed by atoms with van der Waals surface area (Å²) in [4.78, 5) is 0. The van der Waals surface area contributed by atoms with E-state index in [0.29, 0.717) is 0 Å². The fourth-order valence-corrected chi connectivity index (χ4v) is 0.874. The van der Waals surface area contributed by atoms with E-state index in [1.165, 1.54) is 25.7 Å². The van der Waals surface area contributed by atoms with E-state index in [1.54, 1.807) is 0 Å². The zero-order valence-corrected chi connectivity index (χ0v) is 8.03. The average molecular weight is 172 g/mol. The molecule has 2 N–H and O–H groups in total. The summed E-state index contributed by atoms with van der Waals surface area (Å²) in [5.41, 5.74) is 0. The molecule has 0 heterocycles. The summed E-state index contributed by atoms with van der Waals surface area (Å²) in [7, 11) is 2.00. The first-order valence-corrected chi connectivity index (χ1v) is 4.21. The van der Waals surface area contributed by atoms with Gasteiger partial charge in [0.1, 0.15) is 0 Å². The number of rotatable bonds is 0. The van der Waals surface area contributed by atoms with Crippen molar-refractivity contribution < 1.29 is 10.2 Å². The van der Waals surface area contributed by atoms with Gasteiger partial charge in [0, 0.05) is 14.2 Å². The average Bonchev–Trinajstić information content (AvgIpc) is 2.10. The summed E-state index contributed by atoms with van der Waals surface area (Å²) >= 11 is 0. The number of aliphatic hydroxyl groups excluding tert-OH is 2. The number of hydrogen-bond donors (Lipinski definition) is 2. The van der Waals surface area contributed by atoms with Crippen LogP contribution in [-0.2, 0) is 0 Å². The van der Waals surface area contributed by atoms with Gasteiger partial charge in [0.05, 0.1) is 0 Å². The van der Waals surface area contributed by atoms with E-state index in [0.717, 1.165) is 14.2 Å². The van der Waals surface area contributed by atoms with Crippen LogP contribution >= 0.6 is 0 Å². The molecule has 0 fully saturated rings. The highest BCUT2D eigenvalue weighted by Crippen LogP contribution is 2.04. The zero-order chi connectivity index (χ0) is 9.66. The van der Waals surface area contributed by atoms with Crippen molar-refractivity contribution in [2.45, 2.75) is 25.7 Å². The van der Waals surface area contributed by atoms with E-state index in [9.17, 15) is 0 Å². The Bertz CT molecular complexity index is 92.4. The van der Waals surface area contributed by atoms with Crippen molar-refractivity contribution in [3.63, 3.8) is 0 Å². The Hall–Kier alpha value is -0.600. The summed E-state index contributed by atoms with van der Waals surface area (Å²) in [6.07, 6.45) is 14.0. The molecule has 0 atom stereocenters. The predicted octanol–water partition coefficient (Wildman–Crippen LogP) is 1.89. The van der Waals surface area contributed by atoms with Crippen LogP contribution in [0.25, 0.3) is 0 Å². The number of aliphatic hydroxyl groups is 2. The van der Waals surface area contributed by atoms with Crippen molar-refractivity contribution in [1.29, 1.82) is 0 Å². The molecule has 0 aromatic rings. The molecule has 0 saturated heterocycles. The molecule has 0 radical (unpaired) electrons. The first-order chi connectivity index (χ1) is 6.00. The van der Waals surface area contributed by atoms with Crippen LogP contribution in [0.4, 0.5) is 0 Å². The highest BCUT2D eigenvalue weighted by molar-refractivity contribution is 5.03. The van der Waals surface area contributed by atoms with Crippen molar-refractivity contribution in [3.05, 3.63) is 24.3 Å². The maximum atomic E-state index is 7.00.